The van der Waals surface area contributed by atoms with E-state index in [9.17, 15) is 26.4 Å². The van der Waals surface area contributed by atoms with Gasteiger partial charge in [-0.15, -0.1) is 0 Å². The fourth-order valence-electron chi connectivity index (χ4n) is 2.08. The Kier molecular flexibility index (Phi) is 4.70. The van der Waals surface area contributed by atoms with Crippen LogP contribution in [0.15, 0.2) is 47.4 Å². The first kappa shape index (κ1) is 18.0. The molecule has 0 saturated carbocycles. The summed E-state index contributed by atoms with van der Waals surface area (Å²) in [5.41, 5.74) is -0.922. The summed E-state index contributed by atoms with van der Waals surface area (Å²) in [5.74, 6) is -0.961. The number of aryl methyl sites for hydroxylation is 1. The van der Waals surface area contributed by atoms with Crippen molar-refractivity contribution in [1.29, 1.82) is 0 Å². The Labute approximate surface area is 137 Å². The minimum atomic E-state index is -4.67. The molecule has 24 heavy (non-hydrogen) atoms. The van der Waals surface area contributed by atoms with Crippen LogP contribution < -0.4 is 5.32 Å². The highest BCUT2D eigenvalue weighted by molar-refractivity contribution is 7.90. The molecule has 1 amide bonds. The minimum Gasteiger partial charge on any atom is -0.322 e. The molecule has 1 N–H and O–H groups in total. The van der Waals surface area contributed by atoms with Gasteiger partial charge in [-0.3, -0.25) is 4.79 Å². The third kappa shape index (κ3) is 3.94. The topological polar surface area (TPSA) is 63.2 Å². The molecular weight excluding hydrogens is 343 g/mol. The first-order valence-corrected chi connectivity index (χ1v) is 8.67. The van der Waals surface area contributed by atoms with Gasteiger partial charge in [-0.1, -0.05) is 18.2 Å². The van der Waals surface area contributed by atoms with Gasteiger partial charge in [-0.05, 0) is 36.8 Å². The van der Waals surface area contributed by atoms with Crippen LogP contribution in [-0.4, -0.2) is 20.6 Å². The number of rotatable bonds is 3. The van der Waals surface area contributed by atoms with Crippen LogP contribution in [-0.2, 0) is 16.0 Å². The lowest BCUT2D eigenvalue weighted by atomic mass is 10.1. The lowest BCUT2D eigenvalue weighted by Crippen LogP contribution is -2.19. The first-order valence-electron chi connectivity index (χ1n) is 6.78. The Morgan fingerprint density at radius 1 is 1.08 bits per heavy atom. The van der Waals surface area contributed by atoms with Gasteiger partial charge < -0.3 is 5.32 Å². The van der Waals surface area contributed by atoms with Gasteiger partial charge in [-0.25, -0.2) is 8.42 Å². The van der Waals surface area contributed by atoms with Crippen molar-refractivity contribution in [3.63, 3.8) is 0 Å². The average molecular weight is 357 g/mol. The highest BCUT2D eigenvalue weighted by atomic mass is 32.2. The van der Waals surface area contributed by atoms with Crippen molar-refractivity contribution in [1.82, 2.24) is 0 Å². The molecule has 0 atom stereocenters. The van der Waals surface area contributed by atoms with Crippen molar-refractivity contribution in [3.05, 3.63) is 59.2 Å². The maximum Gasteiger partial charge on any atom is 0.417 e. The number of hydrogen-bond donors (Lipinski definition) is 1. The lowest BCUT2D eigenvalue weighted by molar-refractivity contribution is -0.137. The van der Waals surface area contributed by atoms with Gasteiger partial charge in [0.15, 0.2) is 9.84 Å². The van der Waals surface area contributed by atoms with Crippen LogP contribution in [0.3, 0.4) is 0 Å². The molecule has 2 aromatic carbocycles. The summed E-state index contributed by atoms with van der Waals surface area (Å²) < 4.78 is 62.1. The van der Waals surface area contributed by atoms with Crippen molar-refractivity contribution in [3.8, 4) is 0 Å². The van der Waals surface area contributed by atoms with Crippen LogP contribution in [0.4, 0.5) is 18.9 Å². The Bertz CT molecular complexity index is 890. The Morgan fingerprint density at radius 3 is 2.29 bits per heavy atom. The van der Waals surface area contributed by atoms with Crippen LogP contribution in [0, 0.1) is 6.92 Å². The van der Waals surface area contributed by atoms with Gasteiger partial charge in [0.25, 0.3) is 5.91 Å². The van der Waals surface area contributed by atoms with E-state index in [1.165, 1.54) is 30.3 Å². The number of benzene rings is 2. The molecule has 0 radical (unpaired) electrons. The van der Waals surface area contributed by atoms with Crippen molar-refractivity contribution in [2.24, 2.45) is 0 Å². The fraction of sp³-hybridized carbons (Fsp3) is 0.188. The summed E-state index contributed by atoms with van der Waals surface area (Å²) in [6.45, 7) is 1.61. The highest BCUT2D eigenvalue weighted by Crippen LogP contribution is 2.32. The number of alkyl halides is 3. The normalized spacial score (nSPS) is 12.0. The maximum absolute atomic E-state index is 13.0. The summed E-state index contributed by atoms with van der Waals surface area (Å²) in [4.78, 5) is 12.2. The van der Waals surface area contributed by atoms with Gasteiger partial charge in [0, 0.05) is 11.9 Å². The molecule has 0 aliphatic carbocycles. The number of carbonyl (C=O) groups excluding carboxylic acids is 1. The molecule has 8 heteroatoms. The number of nitrogens with one attached hydrogen (secondary N) is 1. The SMILES string of the molecule is Cc1ccc(S(C)(=O)=O)cc1NC(=O)c1ccccc1C(F)(F)F. The molecule has 0 aromatic heterocycles. The number of sulfone groups is 1. The smallest absolute Gasteiger partial charge is 0.322 e. The molecule has 2 rings (SSSR count). The summed E-state index contributed by atoms with van der Waals surface area (Å²) in [5, 5.41) is 2.35. The maximum atomic E-state index is 13.0. The quantitative estimate of drug-likeness (QED) is 0.912. The number of hydrogen-bond acceptors (Lipinski definition) is 3. The number of halogens is 3. The number of carbonyl (C=O) groups is 1. The van der Waals surface area contributed by atoms with Crippen LogP contribution >= 0.6 is 0 Å². The van der Waals surface area contributed by atoms with Gasteiger partial charge in [0.05, 0.1) is 16.0 Å². The largest absolute Gasteiger partial charge is 0.417 e. The molecule has 128 valence electrons. The van der Waals surface area contributed by atoms with E-state index >= 15 is 0 Å². The summed E-state index contributed by atoms with van der Waals surface area (Å²) in [6.07, 6.45) is -3.67. The van der Waals surface area contributed by atoms with Crippen LogP contribution in [0.25, 0.3) is 0 Å². The molecule has 0 heterocycles. The predicted molar refractivity (Wildman–Crippen MR) is 83.7 cm³/mol. The molecule has 0 unspecified atom stereocenters. The summed E-state index contributed by atoms with van der Waals surface area (Å²) >= 11 is 0. The molecular formula is C16H14F3NO3S. The zero-order valence-corrected chi connectivity index (χ0v) is 13.6. The second kappa shape index (κ2) is 6.27. The molecule has 4 nitrogen and oxygen atoms in total. The van der Waals surface area contributed by atoms with E-state index in [1.54, 1.807) is 6.92 Å². The van der Waals surface area contributed by atoms with E-state index in [4.69, 9.17) is 0 Å². The van der Waals surface area contributed by atoms with Crippen molar-refractivity contribution < 1.29 is 26.4 Å². The Balaban J connectivity index is 2.42. The highest BCUT2D eigenvalue weighted by Gasteiger charge is 2.34. The van der Waals surface area contributed by atoms with Gasteiger partial charge in [-0.2, -0.15) is 13.2 Å². The molecule has 2 aromatic rings. The van der Waals surface area contributed by atoms with E-state index in [-0.39, 0.29) is 10.6 Å². The van der Waals surface area contributed by atoms with Crippen molar-refractivity contribution >= 4 is 21.4 Å². The standard InChI is InChI=1S/C16H14F3NO3S/c1-10-7-8-11(24(2,22)23)9-14(10)20-15(21)12-5-3-4-6-13(12)16(17,18)19/h3-9H,1-2H3,(H,20,21). The summed E-state index contributed by atoms with van der Waals surface area (Å²) in [6, 6.07) is 8.45. The number of amides is 1. The molecule has 0 aliphatic rings. The van der Waals surface area contributed by atoms with Crippen LogP contribution in [0.2, 0.25) is 0 Å². The second-order valence-electron chi connectivity index (χ2n) is 5.25. The molecule has 0 spiro atoms. The Hall–Kier alpha value is -2.35. The predicted octanol–water partition coefficient (Wildman–Crippen LogP) is 3.67. The van der Waals surface area contributed by atoms with Crippen molar-refractivity contribution in [2.45, 2.75) is 18.0 Å². The van der Waals surface area contributed by atoms with E-state index < -0.39 is 33.0 Å². The van der Waals surface area contributed by atoms with Gasteiger partial charge in [0.2, 0.25) is 0 Å². The van der Waals surface area contributed by atoms with Gasteiger partial charge >= 0.3 is 6.18 Å². The molecule has 0 fully saturated rings. The van der Waals surface area contributed by atoms with E-state index in [0.29, 0.717) is 5.56 Å². The number of anilines is 1. The van der Waals surface area contributed by atoms with E-state index in [0.717, 1.165) is 18.4 Å². The second-order valence-corrected chi connectivity index (χ2v) is 7.26. The summed E-state index contributed by atoms with van der Waals surface area (Å²) in [7, 11) is -3.51. The zero-order valence-electron chi connectivity index (χ0n) is 12.8. The fourth-order valence-corrected chi connectivity index (χ4v) is 2.73. The van der Waals surface area contributed by atoms with Crippen LogP contribution in [0.5, 0.6) is 0 Å². The van der Waals surface area contributed by atoms with Gasteiger partial charge in [0.1, 0.15) is 0 Å². The van der Waals surface area contributed by atoms with E-state index in [1.807, 2.05) is 0 Å². The monoisotopic (exact) mass is 357 g/mol. The lowest BCUT2D eigenvalue weighted by Gasteiger charge is -2.14. The first-order chi connectivity index (χ1) is 11.0. The van der Waals surface area contributed by atoms with Crippen molar-refractivity contribution in [2.75, 3.05) is 11.6 Å². The zero-order chi connectivity index (χ0) is 18.1. The van der Waals surface area contributed by atoms with Crippen LogP contribution in [0.1, 0.15) is 21.5 Å². The third-order valence-electron chi connectivity index (χ3n) is 3.36. The third-order valence-corrected chi connectivity index (χ3v) is 4.47. The molecule has 0 bridgehead atoms. The average Bonchev–Trinajstić information content (AvgIpc) is 2.47. The Morgan fingerprint density at radius 2 is 1.71 bits per heavy atom. The minimum absolute atomic E-state index is 0.0347. The molecule has 0 aliphatic heterocycles. The van der Waals surface area contributed by atoms with E-state index in [2.05, 4.69) is 5.32 Å². The molecule has 0 saturated heterocycles.